The number of nitrogens with one attached hydrogen (secondary N) is 2. The monoisotopic (exact) mass is 338 g/mol. The molecular formula is C15H22N4O3S. The number of aryl methyl sites for hydroxylation is 1. The van der Waals surface area contributed by atoms with Gasteiger partial charge in [-0.3, -0.25) is 0 Å². The van der Waals surface area contributed by atoms with E-state index in [2.05, 4.69) is 27.1 Å². The molecule has 1 saturated heterocycles. The third kappa shape index (κ3) is 3.39. The molecule has 1 aliphatic rings. The molecule has 0 atom stereocenters. The summed E-state index contributed by atoms with van der Waals surface area (Å²) in [7, 11) is -3.59. The molecule has 3 heterocycles. The average Bonchev–Trinajstić information content (AvgIpc) is 2.96. The maximum absolute atomic E-state index is 12.6. The summed E-state index contributed by atoms with van der Waals surface area (Å²) in [5.41, 5.74) is 1.07. The van der Waals surface area contributed by atoms with Crippen molar-refractivity contribution in [2.24, 2.45) is 5.41 Å². The van der Waals surface area contributed by atoms with Gasteiger partial charge in [-0.15, -0.1) is 0 Å². The van der Waals surface area contributed by atoms with Crippen molar-refractivity contribution in [1.82, 2.24) is 20.2 Å². The van der Waals surface area contributed by atoms with Crippen LogP contribution in [-0.2, 0) is 16.4 Å². The predicted molar refractivity (Wildman–Crippen MR) is 86.6 cm³/mol. The highest BCUT2D eigenvalue weighted by Gasteiger charge is 2.29. The Labute approximate surface area is 135 Å². The molecule has 0 unspecified atom stereocenters. The number of rotatable bonds is 5. The van der Waals surface area contributed by atoms with E-state index in [4.69, 9.17) is 4.52 Å². The van der Waals surface area contributed by atoms with Crippen LogP contribution in [0.4, 0.5) is 0 Å². The third-order valence-electron chi connectivity index (χ3n) is 4.52. The van der Waals surface area contributed by atoms with Gasteiger partial charge in [-0.25, -0.2) is 18.1 Å². The molecule has 0 bridgehead atoms. The van der Waals surface area contributed by atoms with Crippen LogP contribution in [0.15, 0.2) is 21.7 Å². The first-order valence-corrected chi connectivity index (χ1v) is 9.36. The molecule has 0 spiro atoms. The van der Waals surface area contributed by atoms with Crippen molar-refractivity contribution in [2.75, 3.05) is 19.6 Å². The molecule has 23 heavy (non-hydrogen) atoms. The zero-order valence-electron chi connectivity index (χ0n) is 13.4. The van der Waals surface area contributed by atoms with Crippen molar-refractivity contribution >= 4 is 21.1 Å². The fourth-order valence-corrected chi connectivity index (χ4v) is 3.99. The maximum atomic E-state index is 12.6. The number of sulfonamides is 1. The molecule has 0 saturated carbocycles. The van der Waals surface area contributed by atoms with Crippen molar-refractivity contribution in [2.45, 2.75) is 38.0 Å². The quantitative estimate of drug-likeness (QED) is 0.856. The molecule has 0 aromatic carbocycles. The van der Waals surface area contributed by atoms with Crippen molar-refractivity contribution in [3.8, 4) is 0 Å². The molecule has 0 radical (unpaired) electrons. The van der Waals surface area contributed by atoms with E-state index in [1.54, 1.807) is 6.07 Å². The summed E-state index contributed by atoms with van der Waals surface area (Å²) in [6.45, 7) is 6.33. The van der Waals surface area contributed by atoms with Gasteiger partial charge in [0, 0.05) is 6.54 Å². The molecule has 8 heteroatoms. The summed E-state index contributed by atoms with van der Waals surface area (Å²) in [5, 5.41) is 7.86. The van der Waals surface area contributed by atoms with Crippen molar-refractivity contribution in [3.63, 3.8) is 0 Å². The second-order valence-electron chi connectivity index (χ2n) is 6.39. The number of nitrogens with zero attached hydrogens (tertiary/aromatic N) is 2. The van der Waals surface area contributed by atoms with Crippen LogP contribution >= 0.6 is 0 Å². The van der Waals surface area contributed by atoms with Gasteiger partial charge in [-0.05, 0) is 43.8 Å². The van der Waals surface area contributed by atoms with Crippen LogP contribution in [0.25, 0.3) is 11.1 Å². The van der Waals surface area contributed by atoms with Crippen molar-refractivity contribution in [3.05, 3.63) is 18.0 Å². The van der Waals surface area contributed by atoms with E-state index in [0.717, 1.165) is 31.6 Å². The SMILES string of the molecule is CCc1noc2ncc(S(=O)(=O)NCC3(C)CCNCC3)cc12. The molecule has 7 nitrogen and oxygen atoms in total. The highest BCUT2D eigenvalue weighted by Crippen LogP contribution is 2.27. The van der Waals surface area contributed by atoms with Crippen LogP contribution in [0, 0.1) is 5.41 Å². The number of piperidine rings is 1. The Morgan fingerprint density at radius 1 is 1.39 bits per heavy atom. The lowest BCUT2D eigenvalue weighted by Crippen LogP contribution is -2.42. The average molecular weight is 338 g/mol. The lowest BCUT2D eigenvalue weighted by atomic mass is 9.81. The number of pyridine rings is 1. The molecule has 1 fully saturated rings. The summed E-state index contributed by atoms with van der Waals surface area (Å²) >= 11 is 0. The number of fused-ring (bicyclic) bond motifs is 1. The predicted octanol–water partition coefficient (Wildman–Crippen LogP) is 1.45. The zero-order chi connectivity index (χ0) is 16.5. The van der Waals surface area contributed by atoms with E-state index >= 15 is 0 Å². The Bertz CT molecular complexity index is 794. The molecule has 2 N–H and O–H groups in total. The first kappa shape index (κ1) is 16.4. The smallest absolute Gasteiger partial charge is 0.258 e. The number of aromatic nitrogens is 2. The molecule has 0 aliphatic carbocycles. The van der Waals surface area contributed by atoms with Crippen LogP contribution in [0.1, 0.15) is 32.4 Å². The first-order valence-electron chi connectivity index (χ1n) is 7.88. The van der Waals surface area contributed by atoms with E-state index in [9.17, 15) is 8.42 Å². The van der Waals surface area contributed by atoms with Gasteiger partial charge in [-0.2, -0.15) is 0 Å². The fourth-order valence-electron chi connectivity index (χ4n) is 2.82. The zero-order valence-corrected chi connectivity index (χ0v) is 14.2. The Kier molecular flexibility index (Phi) is 4.39. The van der Waals surface area contributed by atoms with Gasteiger partial charge < -0.3 is 9.84 Å². The second kappa shape index (κ2) is 6.18. The van der Waals surface area contributed by atoms with Crippen LogP contribution in [0.5, 0.6) is 0 Å². The molecule has 126 valence electrons. The van der Waals surface area contributed by atoms with Crippen molar-refractivity contribution < 1.29 is 12.9 Å². The molecular weight excluding hydrogens is 316 g/mol. The van der Waals surface area contributed by atoms with E-state index in [1.165, 1.54) is 6.20 Å². The lowest BCUT2D eigenvalue weighted by Gasteiger charge is -2.34. The molecule has 2 aromatic rings. The summed E-state index contributed by atoms with van der Waals surface area (Å²) in [5.74, 6) is 0. The minimum absolute atomic E-state index is 0.0123. The molecule has 1 aliphatic heterocycles. The third-order valence-corrected chi connectivity index (χ3v) is 5.89. The van der Waals surface area contributed by atoms with Gasteiger partial charge in [-0.1, -0.05) is 19.0 Å². The van der Waals surface area contributed by atoms with E-state index < -0.39 is 10.0 Å². The second-order valence-corrected chi connectivity index (χ2v) is 8.16. The lowest BCUT2D eigenvalue weighted by molar-refractivity contribution is 0.232. The summed E-state index contributed by atoms with van der Waals surface area (Å²) in [4.78, 5) is 4.22. The highest BCUT2D eigenvalue weighted by molar-refractivity contribution is 7.89. The summed E-state index contributed by atoms with van der Waals surface area (Å²) < 4.78 is 33.0. The van der Waals surface area contributed by atoms with Crippen molar-refractivity contribution in [1.29, 1.82) is 0 Å². The fraction of sp³-hybridized carbons (Fsp3) is 0.600. The van der Waals surface area contributed by atoms with Crippen LogP contribution < -0.4 is 10.0 Å². The summed E-state index contributed by atoms with van der Waals surface area (Å²) in [6.07, 6.45) is 3.90. The van der Waals surface area contributed by atoms with Gasteiger partial charge in [0.15, 0.2) is 0 Å². The van der Waals surface area contributed by atoms with E-state index in [1.807, 2.05) is 6.92 Å². The Morgan fingerprint density at radius 3 is 2.83 bits per heavy atom. The minimum atomic E-state index is -3.59. The Hall–Kier alpha value is -1.51. The molecule has 0 amide bonds. The maximum Gasteiger partial charge on any atom is 0.258 e. The number of hydrogen-bond acceptors (Lipinski definition) is 6. The van der Waals surface area contributed by atoms with Gasteiger partial charge in [0.25, 0.3) is 5.71 Å². The normalized spacial score (nSPS) is 18.3. The van der Waals surface area contributed by atoms with Crippen LogP contribution in [0.3, 0.4) is 0 Å². The van der Waals surface area contributed by atoms with E-state index in [-0.39, 0.29) is 10.3 Å². The van der Waals surface area contributed by atoms with Gasteiger partial charge >= 0.3 is 0 Å². The van der Waals surface area contributed by atoms with Crippen LogP contribution in [-0.4, -0.2) is 38.2 Å². The largest absolute Gasteiger partial charge is 0.336 e. The van der Waals surface area contributed by atoms with Gasteiger partial charge in [0.05, 0.1) is 17.3 Å². The topological polar surface area (TPSA) is 97.1 Å². The number of hydrogen-bond donors (Lipinski definition) is 2. The van der Waals surface area contributed by atoms with Crippen LogP contribution in [0.2, 0.25) is 0 Å². The first-order chi connectivity index (χ1) is 10.9. The Balaban J connectivity index is 1.81. The highest BCUT2D eigenvalue weighted by atomic mass is 32.2. The minimum Gasteiger partial charge on any atom is -0.336 e. The van der Waals surface area contributed by atoms with E-state index in [0.29, 0.717) is 24.1 Å². The molecule has 3 rings (SSSR count). The van der Waals surface area contributed by atoms with Gasteiger partial charge in [0.1, 0.15) is 4.90 Å². The molecule has 2 aromatic heterocycles. The van der Waals surface area contributed by atoms with Gasteiger partial charge in [0.2, 0.25) is 10.0 Å². The standard InChI is InChI=1S/C15H22N4O3S/c1-3-13-12-8-11(9-17-14(12)22-19-13)23(20,21)18-10-15(2)4-6-16-7-5-15/h8-9,16,18H,3-7,10H2,1-2H3. The summed E-state index contributed by atoms with van der Waals surface area (Å²) in [6, 6.07) is 1.59. The Morgan fingerprint density at radius 2 is 2.13 bits per heavy atom.